The lowest BCUT2D eigenvalue weighted by atomic mass is 10.4. The van der Waals surface area contributed by atoms with Gasteiger partial charge in [0, 0.05) is 0 Å². The zero-order valence-electron chi connectivity index (χ0n) is 6.56. The molecule has 0 N–H and O–H groups in total. The fourth-order valence-corrected chi connectivity index (χ4v) is 2.15. The van der Waals surface area contributed by atoms with E-state index in [0.717, 1.165) is 11.9 Å². The van der Waals surface area contributed by atoms with E-state index in [1.807, 2.05) is 6.92 Å². The number of rotatable bonds is 2. The van der Waals surface area contributed by atoms with Crippen LogP contribution in [0.5, 0.6) is 0 Å². The molecule has 0 saturated heterocycles. The van der Waals surface area contributed by atoms with Crippen LogP contribution in [0.3, 0.4) is 0 Å². The Morgan fingerprint density at radius 1 is 1.33 bits per heavy atom. The number of carbonyl (C=O) groups is 1. The Hall–Kier alpha value is -0.373. The van der Waals surface area contributed by atoms with Crippen molar-refractivity contribution in [3.63, 3.8) is 0 Å². The second kappa shape index (κ2) is 2.97. The second-order valence-corrected chi connectivity index (χ2v) is 8.39. The first-order valence-corrected chi connectivity index (χ1v) is 6.68. The quantitative estimate of drug-likeness (QED) is 0.327. The van der Waals surface area contributed by atoms with Gasteiger partial charge in [-0.2, -0.15) is 0 Å². The summed E-state index contributed by atoms with van der Waals surface area (Å²) in [6.07, 6.45) is 0.915. The molecule has 0 aromatic heterocycles. The molecule has 0 unspecified atom stereocenters. The van der Waals surface area contributed by atoms with Gasteiger partial charge in [0.15, 0.2) is 0 Å². The third-order valence-electron chi connectivity index (χ3n) is 0.847. The third kappa shape index (κ3) is 5.50. The minimum atomic E-state index is -1.13. The topological polar surface area (TPSA) is 17.1 Å². The smallest absolute Gasteiger partial charge is 0.145 e. The van der Waals surface area contributed by atoms with Gasteiger partial charge in [0.1, 0.15) is 6.29 Å². The van der Waals surface area contributed by atoms with Crippen LogP contribution in [0, 0.1) is 0 Å². The molecule has 0 spiro atoms. The Kier molecular flexibility index (Phi) is 2.84. The zero-order valence-corrected chi connectivity index (χ0v) is 7.56. The van der Waals surface area contributed by atoms with Crippen molar-refractivity contribution in [2.24, 2.45) is 0 Å². The predicted octanol–water partition coefficient (Wildman–Crippen LogP) is 2.01. The third-order valence-corrected chi connectivity index (χ3v) is 2.17. The van der Waals surface area contributed by atoms with Crippen molar-refractivity contribution in [1.29, 1.82) is 0 Å². The number of aldehydes is 1. The molecule has 0 aromatic carbocycles. The average Bonchev–Trinajstić information content (AvgIpc) is 1.62. The summed E-state index contributed by atoms with van der Waals surface area (Å²) in [7, 11) is -1.13. The van der Waals surface area contributed by atoms with Crippen LogP contribution in [0.2, 0.25) is 19.6 Å². The summed E-state index contributed by atoms with van der Waals surface area (Å²) in [6.45, 7) is 8.48. The molecule has 0 rings (SSSR count). The summed E-state index contributed by atoms with van der Waals surface area (Å²) in [5.41, 5.74) is 2.97. The van der Waals surface area contributed by atoms with Gasteiger partial charge in [-0.25, -0.2) is 0 Å². The van der Waals surface area contributed by atoms with Crippen LogP contribution in [0.25, 0.3) is 0 Å². The van der Waals surface area contributed by atoms with Crippen LogP contribution in [-0.2, 0) is 4.79 Å². The molecule has 0 saturated carbocycles. The lowest BCUT2D eigenvalue weighted by molar-refractivity contribution is -0.104. The monoisotopic (exact) mass is 142 g/mol. The van der Waals surface area contributed by atoms with E-state index in [1.54, 1.807) is 0 Å². The van der Waals surface area contributed by atoms with Gasteiger partial charge in [-0.05, 0) is 12.5 Å². The Labute approximate surface area is 57.8 Å². The first-order valence-electron chi connectivity index (χ1n) is 3.10. The van der Waals surface area contributed by atoms with Crippen molar-refractivity contribution >= 4 is 14.4 Å². The lowest BCUT2D eigenvalue weighted by Crippen LogP contribution is -2.16. The largest absolute Gasteiger partial charge is 0.298 e. The first-order chi connectivity index (χ1) is 3.95. The molecule has 52 valence electrons. The summed E-state index contributed by atoms with van der Waals surface area (Å²) in [5.74, 6) is 0. The molecule has 0 heterocycles. The maximum absolute atomic E-state index is 10.1. The van der Waals surface area contributed by atoms with E-state index < -0.39 is 8.07 Å². The highest BCUT2D eigenvalue weighted by molar-refractivity contribution is 6.81. The molecule has 0 amide bonds. The van der Waals surface area contributed by atoms with Gasteiger partial charge in [-0.15, -0.1) is 0 Å². The van der Waals surface area contributed by atoms with Crippen molar-refractivity contribution in [2.75, 3.05) is 0 Å². The number of hydrogen-bond acceptors (Lipinski definition) is 1. The average molecular weight is 142 g/mol. The molecule has 0 aromatic rings. The van der Waals surface area contributed by atoms with E-state index >= 15 is 0 Å². The van der Waals surface area contributed by atoms with Gasteiger partial charge in [0.25, 0.3) is 0 Å². The Balaban J connectivity index is 4.11. The van der Waals surface area contributed by atoms with Crippen LogP contribution in [0.4, 0.5) is 0 Å². The molecule has 0 aliphatic heterocycles. The molecular weight excluding hydrogens is 128 g/mol. The highest BCUT2D eigenvalue weighted by atomic mass is 28.3. The number of hydrogen-bond donors (Lipinski definition) is 0. The maximum Gasteiger partial charge on any atom is 0.145 e. The highest BCUT2D eigenvalue weighted by Gasteiger charge is 2.07. The van der Waals surface area contributed by atoms with Crippen molar-refractivity contribution in [1.82, 2.24) is 0 Å². The Morgan fingerprint density at radius 3 is 1.89 bits per heavy atom. The van der Waals surface area contributed by atoms with Gasteiger partial charge in [-0.1, -0.05) is 25.3 Å². The normalized spacial score (nSPS) is 13.6. The number of carbonyl (C=O) groups excluding carboxylic acids is 1. The van der Waals surface area contributed by atoms with Gasteiger partial charge >= 0.3 is 0 Å². The van der Waals surface area contributed by atoms with Crippen LogP contribution in [0.1, 0.15) is 6.92 Å². The summed E-state index contributed by atoms with van der Waals surface area (Å²) in [5, 5.41) is 0. The molecule has 0 fully saturated rings. The zero-order chi connectivity index (χ0) is 7.49. The molecule has 0 bridgehead atoms. The van der Waals surface area contributed by atoms with E-state index in [1.165, 1.54) is 0 Å². The van der Waals surface area contributed by atoms with Gasteiger partial charge < -0.3 is 0 Å². The van der Waals surface area contributed by atoms with Gasteiger partial charge in [0.05, 0.1) is 8.07 Å². The first kappa shape index (κ1) is 8.63. The molecule has 0 aliphatic carbocycles. The van der Waals surface area contributed by atoms with E-state index in [2.05, 4.69) is 25.3 Å². The molecule has 0 aliphatic rings. The van der Waals surface area contributed by atoms with E-state index in [0.29, 0.717) is 0 Å². The van der Waals surface area contributed by atoms with Crippen LogP contribution in [-0.4, -0.2) is 14.4 Å². The van der Waals surface area contributed by atoms with Crippen molar-refractivity contribution in [3.05, 3.63) is 11.3 Å². The molecular formula is C7H14OSi. The molecule has 0 radical (unpaired) electrons. The predicted molar refractivity (Wildman–Crippen MR) is 43.2 cm³/mol. The van der Waals surface area contributed by atoms with Crippen molar-refractivity contribution in [2.45, 2.75) is 26.6 Å². The second-order valence-electron chi connectivity index (χ2n) is 3.37. The minimum absolute atomic E-state index is 0.870. The Bertz CT molecular complexity index is 130. The van der Waals surface area contributed by atoms with Gasteiger partial charge in [0.2, 0.25) is 0 Å². The summed E-state index contributed by atoms with van der Waals surface area (Å²) in [4.78, 5) is 10.1. The van der Waals surface area contributed by atoms with E-state index in [-0.39, 0.29) is 0 Å². The Morgan fingerprint density at radius 2 is 1.78 bits per heavy atom. The number of allylic oxidation sites excluding steroid dienone is 1. The van der Waals surface area contributed by atoms with Crippen LogP contribution < -0.4 is 0 Å². The van der Waals surface area contributed by atoms with Crippen LogP contribution >= 0.6 is 0 Å². The summed E-state index contributed by atoms with van der Waals surface area (Å²) in [6, 6.07) is 0. The van der Waals surface area contributed by atoms with Crippen LogP contribution in [0.15, 0.2) is 11.3 Å². The fourth-order valence-electron chi connectivity index (χ4n) is 0.717. The molecule has 2 heteroatoms. The maximum atomic E-state index is 10.1. The van der Waals surface area contributed by atoms with E-state index in [4.69, 9.17) is 0 Å². The summed E-state index contributed by atoms with van der Waals surface area (Å²) >= 11 is 0. The molecule has 0 atom stereocenters. The standard InChI is InChI=1S/C7H14OSi/c1-7(5-8)6-9(2,3)4/h5-6H,1-4H3/b7-6-. The lowest BCUT2D eigenvalue weighted by Gasteiger charge is -2.08. The fraction of sp³-hybridized carbons (Fsp3) is 0.571. The minimum Gasteiger partial charge on any atom is -0.298 e. The van der Waals surface area contributed by atoms with Gasteiger partial charge in [-0.3, -0.25) is 4.79 Å². The molecule has 1 nitrogen and oxygen atoms in total. The van der Waals surface area contributed by atoms with Crippen molar-refractivity contribution < 1.29 is 4.79 Å². The molecule has 9 heavy (non-hydrogen) atoms. The highest BCUT2D eigenvalue weighted by Crippen LogP contribution is 2.04. The SMILES string of the molecule is C/C(C=O)=C/[Si](C)(C)C. The summed E-state index contributed by atoms with van der Waals surface area (Å²) < 4.78 is 0. The van der Waals surface area contributed by atoms with Crippen molar-refractivity contribution in [3.8, 4) is 0 Å². The van der Waals surface area contributed by atoms with E-state index in [9.17, 15) is 4.79 Å².